The predicted molar refractivity (Wildman–Crippen MR) is 113 cm³/mol. The highest BCUT2D eigenvalue weighted by atomic mass is 32.2. The summed E-state index contributed by atoms with van der Waals surface area (Å²) in [6.45, 7) is 0.751. The number of ether oxygens (including phenoxy) is 3. The van der Waals surface area contributed by atoms with Crippen LogP contribution < -0.4 is 19.5 Å². The van der Waals surface area contributed by atoms with Crippen LogP contribution in [0, 0.1) is 0 Å². The van der Waals surface area contributed by atoms with Gasteiger partial charge in [0.15, 0.2) is 18.1 Å². The second-order valence-corrected chi connectivity index (χ2v) is 8.76. The van der Waals surface area contributed by atoms with Crippen molar-refractivity contribution >= 4 is 21.6 Å². The molecule has 0 aliphatic carbocycles. The molecular formula is C21H26N2O6S. The maximum absolute atomic E-state index is 12.8. The number of carbonyl (C=O) groups excluding carboxylic acids is 1. The summed E-state index contributed by atoms with van der Waals surface area (Å²) in [4.78, 5) is 12.5. The third-order valence-electron chi connectivity index (χ3n) is 4.80. The van der Waals surface area contributed by atoms with E-state index in [1.54, 1.807) is 30.3 Å². The summed E-state index contributed by atoms with van der Waals surface area (Å²) >= 11 is 0. The minimum Gasteiger partial charge on any atom is -0.493 e. The quantitative estimate of drug-likeness (QED) is 0.687. The van der Waals surface area contributed by atoms with Gasteiger partial charge in [-0.15, -0.1) is 0 Å². The fourth-order valence-electron chi connectivity index (χ4n) is 3.28. The molecule has 30 heavy (non-hydrogen) atoms. The number of hydrogen-bond acceptors (Lipinski definition) is 6. The molecule has 0 spiro atoms. The van der Waals surface area contributed by atoms with Gasteiger partial charge < -0.3 is 19.5 Å². The van der Waals surface area contributed by atoms with Gasteiger partial charge in [0.1, 0.15) is 0 Å². The average Bonchev–Trinajstić information content (AvgIpc) is 2.78. The number of methoxy groups -OCH3 is 2. The Bertz CT molecular complexity index is 964. The molecular weight excluding hydrogens is 408 g/mol. The molecule has 2 aromatic rings. The van der Waals surface area contributed by atoms with Crippen LogP contribution in [-0.2, 0) is 14.8 Å². The minimum atomic E-state index is -3.58. The van der Waals surface area contributed by atoms with Crippen LogP contribution in [0.15, 0.2) is 47.4 Å². The lowest BCUT2D eigenvalue weighted by atomic mass is 10.2. The first-order valence-electron chi connectivity index (χ1n) is 9.69. The largest absolute Gasteiger partial charge is 0.493 e. The number of nitrogens with one attached hydrogen (secondary N) is 1. The Morgan fingerprint density at radius 3 is 2.27 bits per heavy atom. The van der Waals surface area contributed by atoms with Crippen LogP contribution in [0.3, 0.4) is 0 Å². The summed E-state index contributed by atoms with van der Waals surface area (Å²) in [5, 5.41) is 2.67. The van der Waals surface area contributed by atoms with Gasteiger partial charge in [0.2, 0.25) is 15.8 Å². The molecule has 0 aromatic heterocycles. The van der Waals surface area contributed by atoms with Gasteiger partial charge in [0.05, 0.1) is 19.1 Å². The number of nitrogens with zero attached hydrogens (tertiary/aromatic N) is 1. The van der Waals surface area contributed by atoms with Crippen molar-refractivity contribution in [2.24, 2.45) is 0 Å². The van der Waals surface area contributed by atoms with Crippen molar-refractivity contribution in [1.29, 1.82) is 0 Å². The van der Waals surface area contributed by atoms with Crippen molar-refractivity contribution in [2.45, 2.75) is 24.2 Å². The first-order chi connectivity index (χ1) is 14.5. The molecule has 1 amide bonds. The zero-order chi connectivity index (χ0) is 21.6. The van der Waals surface area contributed by atoms with Gasteiger partial charge >= 0.3 is 0 Å². The van der Waals surface area contributed by atoms with E-state index in [2.05, 4.69) is 5.32 Å². The van der Waals surface area contributed by atoms with E-state index in [-0.39, 0.29) is 11.5 Å². The molecule has 1 N–H and O–H groups in total. The van der Waals surface area contributed by atoms with E-state index in [4.69, 9.17) is 14.2 Å². The van der Waals surface area contributed by atoms with Crippen LogP contribution in [0.25, 0.3) is 0 Å². The number of rotatable bonds is 8. The molecule has 1 heterocycles. The van der Waals surface area contributed by atoms with Crippen LogP contribution in [-0.4, -0.2) is 52.5 Å². The Morgan fingerprint density at radius 1 is 1.00 bits per heavy atom. The number of anilines is 1. The lowest BCUT2D eigenvalue weighted by Crippen LogP contribution is -2.35. The molecule has 2 aromatic carbocycles. The molecule has 1 aliphatic heterocycles. The summed E-state index contributed by atoms with van der Waals surface area (Å²) in [5.41, 5.74) is 0.383. The molecule has 3 rings (SSSR count). The lowest BCUT2D eigenvalue weighted by molar-refractivity contribution is -0.118. The number of para-hydroxylation sites is 1. The standard InChI is InChI=1S/C21H26N2O6S/c1-27-18-10-7-11-19(28-2)21(18)29-15-20(24)22-16-8-6-9-17(14-16)30(25,26)23-12-4-3-5-13-23/h6-11,14H,3-5,12-13,15H2,1-2H3,(H,22,24). The highest BCUT2D eigenvalue weighted by Crippen LogP contribution is 2.36. The SMILES string of the molecule is COc1cccc(OC)c1OCC(=O)Nc1cccc(S(=O)(=O)N2CCCCC2)c1. The topological polar surface area (TPSA) is 94.2 Å². The first kappa shape index (κ1) is 21.9. The monoisotopic (exact) mass is 434 g/mol. The van der Waals surface area contributed by atoms with Crippen molar-refractivity contribution in [2.75, 3.05) is 39.2 Å². The summed E-state index contributed by atoms with van der Waals surface area (Å²) in [7, 11) is -0.584. The Hall–Kier alpha value is -2.78. The molecule has 162 valence electrons. The Kier molecular flexibility index (Phi) is 7.17. The van der Waals surface area contributed by atoms with Crippen LogP contribution >= 0.6 is 0 Å². The second-order valence-electron chi connectivity index (χ2n) is 6.82. The smallest absolute Gasteiger partial charge is 0.262 e. The maximum Gasteiger partial charge on any atom is 0.262 e. The number of carbonyl (C=O) groups is 1. The number of piperidine rings is 1. The predicted octanol–water partition coefficient (Wildman–Crippen LogP) is 2.90. The minimum absolute atomic E-state index is 0.162. The third-order valence-corrected chi connectivity index (χ3v) is 6.70. The van der Waals surface area contributed by atoms with Crippen molar-refractivity contribution in [3.05, 3.63) is 42.5 Å². The number of sulfonamides is 1. The molecule has 1 aliphatic rings. The first-order valence-corrected chi connectivity index (χ1v) is 11.1. The normalized spacial score (nSPS) is 14.7. The molecule has 1 fully saturated rings. The third kappa shape index (κ3) is 5.03. The van der Waals surface area contributed by atoms with Crippen molar-refractivity contribution in [3.8, 4) is 17.2 Å². The Labute approximate surface area is 176 Å². The molecule has 0 saturated carbocycles. The van der Waals surface area contributed by atoms with E-state index >= 15 is 0 Å². The fraction of sp³-hybridized carbons (Fsp3) is 0.381. The molecule has 9 heteroatoms. The van der Waals surface area contributed by atoms with E-state index in [0.717, 1.165) is 19.3 Å². The fourth-order valence-corrected chi connectivity index (χ4v) is 4.85. The van der Waals surface area contributed by atoms with E-state index < -0.39 is 15.9 Å². The van der Waals surface area contributed by atoms with Gasteiger partial charge in [-0.25, -0.2) is 8.42 Å². The van der Waals surface area contributed by atoms with Gasteiger partial charge in [-0.3, -0.25) is 4.79 Å². The van der Waals surface area contributed by atoms with E-state index in [1.807, 2.05) is 0 Å². The van der Waals surface area contributed by atoms with Gasteiger partial charge in [0.25, 0.3) is 5.91 Å². The molecule has 0 bridgehead atoms. The second kappa shape index (κ2) is 9.82. The summed E-state index contributed by atoms with van der Waals surface area (Å²) in [6.07, 6.45) is 2.76. The van der Waals surface area contributed by atoms with Gasteiger partial charge in [-0.05, 0) is 43.2 Å². The van der Waals surface area contributed by atoms with Crippen molar-refractivity contribution in [3.63, 3.8) is 0 Å². The number of benzene rings is 2. The lowest BCUT2D eigenvalue weighted by Gasteiger charge is -2.26. The molecule has 0 atom stereocenters. The zero-order valence-electron chi connectivity index (χ0n) is 17.1. The van der Waals surface area contributed by atoms with Crippen LogP contribution in [0.5, 0.6) is 17.2 Å². The van der Waals surface area contributed by atoms with Crippen molar-refractivity contribution in [1.82, 2.24) is 4.31 Å². The summed E-state index contributed by atoms with van der Waals surface area (Å²) in [6, 6.07) is 11.4. The molecule has 0 unspecified atom stereocenters. The summed E-state index contributed by atoms with van der Waals surface area (Å²) < 4.78 is 43.2. The maximum atomic E-state index is 12.8. The van der Waals surface area contributed by atoms with E-state index in [0.29, 0.717) is 36.0 Å². The van der Waals surface area contributed by atoms with Crippen molar-refractivity contribution < 1.29 is 27.4 Å². The molecule has 8 nitrogen and oxygen atoms in total. The van der Waals surface area contributed by atoms with Gasteiger partial charge in [0, 0.05) is 18.8 Å². The van der Waals surface area contributed by atoms with Crippen LogP contribution in [0.4, 0.5) is 5.69 Å². The zero-order valence-corrected chi connectivity index (χ0v) is 17.9. The van der Waals surface area contributed by atoms with E-state index in [1.165, 1.54) is 30.7 Å². The van der Waals surface area contributed by atoms with Crippen LogP contribution in [0.2, 0.25) is 0 Å². The number of amides is 1. The number of hydrogen-bond donors (Lipinski definition) is 1. The van der Waals surface area contributed by atoms with Crippen LogP contribution in [0.1, 0.15) is 19.3 Å². The highest BCUT2D eigenvalue weighted by Gasteiger charge is 2.26. The van der Waals surface area contributed by atoms with Gasteiger partial charge in [-0.1, -0.05) is 18.6 Å². The Balaban J connectivity index is 1.67. The summed E-state index contributed by atoms with van der Waals surface area (Å²) in [5.74, 6) is 0.767. The highest BCUT2D eigenvalue weighted by molar-refractivity contribution is 7.89. The Morgan fingerprint density at radius 2 is 1.63 bits per heavy atom. The van der Waals surface area contributed by atoms with E-state index in [9.17, 15) is 13.2 Å². The average molecular weight is 435 g/mol. The molecule has 0 radical (unpaired) electrons. The molecule has 1 saturated heterocycles. The van der Waals surface area contributed by atoms with Gasteiger partial charge in [-0.2, -0.15) is 4.31 Å².